The van der Waals surface area contributed by atoms with Crippen LogP contribution in [0.5, 0.6) is 0 Å². The highest BCUT2D eigenvalue weighted by atomic mass is 32.1. The molecule has 1 atom stereocenters. The molecule has 2 heterocycles. The summed E-state index contributed by atoms with van der Waals surface area (Å²) in [6.45, 7) is 2.12. The maximum absolute atomic E-state index is 12.2. The minimum absolute atomic E-state index is 0.168. The van der Waals surface area contributed by atoms with E-state index in [-0.39, 0.29) is 25.4 Å². The van der Waals surface area contributed by atoms with Crippen LogP contribution in [0.25, 0.3) is 0 Å². The smallest absolute Gasteiger partial charge is 0.323 e. The van der Waals surface area contributed by atoms with Gasteiger partial charge in [0.05, 0.1) is 18.1 Å². The van der Waals surface area contributed by atoms with Crippen molar-refractivity contribution in [3.63, 3.8) is 0 Å². The fraction of sp³-hybridized carbons (Fsp3) is 0.500. The van der Waals surface area contributed by atoms with Crippen molar-refractivity contribution in [1.82, 2.24) is 0 Å². The van der Waals surface area contributed by atoms with Crippen molar-refractivity contribution >= 4 is 29.1 Å². The Morgan fingerprint density at radius 2 is 2.30 bits per heavy atom. The fourth-order valence-electron chi connectivity index (χ4n) is 2.26. The maximum atomic E-state index is 12.2. The first-order chi connectivity index (χ1) is 9.60. The average molecular weight is 296 g/mol. The molecule has 6 heteroatoms. The van der Waals surface area contributed by atoms with Gasteiger partial charge in [0, 0.05) is 6.42 Å². The number of rotatable bonds is 5. The zero-order valence-electron chi connectivity index (χ0n) is 11.2. The first-order valence-corrected chi connectivity index (χ1v) is 7.39. The molecule has 1 aromatic rings. The van der Waals surface area contributed by atoms with Crippen LogP contribution in [0.15, 0.2) is 17.5 Å². The number of ether oxygens (including phenoxy) is 2. The molecule has 0 radical (unpaired) electrons. The highest BCUT2D eigenvalue weighted by molar-refractivity contribution is 7.12. The summed E-state index contributed by atoms with van der Waals surface area (Å²) < 4.78 is 9.98. The van der Waals surface area contributed by atoms with E-state index in [0.29, 0.717) is 17.7 Å². The lowest BCUT2D eigenvalue weighted by Crippen LogP contribution is -2.46. The zero-order chi connectivity index (χ0) is 14.6. The van der Waals surface area contributed by atoms with Crippen LogP contribution in [0.2, 0.25) is 0 Å². The van der Waals surface area contributed by atoms with Crippen molar-refractivity contribution in [2.24, 2.45) is 5.41 Å². The number of cyclic esters (lactones) is 1. The van der Waals surface area contributed by atoms with Gasteiger partial charge in [-0.05, 0) is 31.2 Å². The molecule has 1 fully saturated rings. The third-order valence-electron chi connectivity index (χ3n) is 3.30. The van der Waals surface area contributed by atoms with Gasteiger partial charge in [-0.1, -0.05) is 6.07 Å². The largest absolute Gasteiger partial charge is 0.465 e. The molecule has 1 saturated heterocycles. The lowest BCUT2D eigenvalue weighted by Gasteiger charge is -2.31. The van der Waals surface area contributed by atoms with Crippen molar-refractivity contribution in [2.45, 2.75) is 26.2 Å². The Kier molecular flexibility index (Phi) is 4.54. The molecule has 0 N–H and O–H groups in total. The third-order valence-corrected chi connectivity index (χ3v) is 4.21. The van der Waals surface area contributed by atoms with E-state index in [0.717, 1.165) is 0 Å². The third kappa shape index (κ3) is 2.75. The summed E-state index contributed by atoms with van der Waals surface area (Å²) in [6.07, 6.45) is 0.662. The van der Waals surface area contributed by atoms with E-state index in [1.54, 1.807) is 24.4 Å². The average Bonchev–Trinajstić information content (AvgIpc) is 2.96. The molecule has 0 aromatic carbocycles. The van der Waals surface area contributed by atoms with Gasteiger partial charge in [-0.15, -0.1) is 11.3 Å². The highest BCUT2D eigenvalue weighted by Crippen LogP contribution is 2.36. The normalized spacial score (nSPS) is 22.1. The molecular formula is C14H16O5S. The number of hydrogen-bond acceptors (Lipinski definition) is 6. The predicted octanol–water partition coefficient (Wildman–Crippen LogP) is 2.21. The number of ketones is 1. The van der Waals surface area contributed by atoms with Crippen molar-refractivity contribution in [1.29, 1.82) is 0 Å². The van der Waals surface area contributed by atoms with Crippen LogP contribution in [0.1, 0.15) is 35.9 Å². The van der Waals surface area contributed by atoms with Crippen LogP contribution in [0.3, 0.4) is 0 Å². The number of hydrogen-bond donors (Lipinski definition) is 0. The Balaban J connectivity index is 2.24. The maximum Gasteiger partial charge on any atom is 0.323 e. The molecule has 108 valence electrons. The number of esters is 2. The molecule has 0 bridgehead atoms. The minimum atomic E-state index is -1.48. The Morgan fingerprint density at radius 1 is 1.50 bits per heavy atom. The summed E-state index contributed by atoms with van der Waals surface area (Å²) in [4.78, 5) is 37.0. The van der Waals surface area contributed by atoms with Gasteiger partial charge < -0.3 is 9.47 Å². The predicted molar refractivity (Wildman–Crippen MR) is 72.5 cm³/mol. The number of thiophene rings is 1. The topological polar surface area (TPSA) is 69.7 Å². The Hall–Kier alpha value is -1.69. The minimum Gasteiger partial charge on any atom is -0.465 e. The summed E-state index contributed by atoms with van der Waals surface area (Å²) in [5, 5.41) is 1.78. The van der Waals surface area contributed by atoms with Gasteiger partial charge in [0.2, 0.25) is 0 Å². The molecule has 0 spiro atoms. The van der Waals surface area contributed by atoms with Crippen LogP contribution in [0, 0.1) is 5.41 Å². The second-order valence-corrected chi connectivity index (χ2v) is 5.57. The molecule has 20 heavy (non-hydrogen) atoms. The summed E-state index contributed by atoms with van der Waals surface area (Å²) in [5.74, 6) is -1.53. The molecule has 2 rings (SSSR count). The van der Waals surface area contributed by atoms with Gasteiger partial charge >= 0.3 is 11.9 Å². The zero-order valence-corrected chi connectivity index (χ0v) is 12.0. The van der Waals surface area contributed by atoms with E-state index in [4.69, 9.17) is 9.47 Å². The van der Waals surface area contributed by atoms with Crippen LogP contribution in [-0.2, 0) is 19.1 Å². The number of carbonyl (C=O) groups excluding carboxylic acids is 3. The molecule has 1 unspecified atom stereocenters. The van der Waals surface area contributed by atoms with E-state index >= 15 is 0 Å². The first kappa shape index (κ1) is 14.7. The monoisotopic (exact) mass is 296 g/mol. The van der Waals surface area contributed by atoms with E-state index in [1.807, 2.05) is 0 Å². The highest BCUT2D eigenvalue weighted by Gasteiger charge is 2.51. The van der Waals surface area contributed by atoms with Crippen LogP contribution in [-0.4, -0.2) is 30.9 Å². The molecular weight excluding hydrogens is 280 g/mol. The van der Waals surface area contributed by atoms with Crippen molar-refractivity contribution < 1.29 is 23.9 Å². The van der Waals surface area contributed by atoms with Gasteiger partial charge in [-0.25, -0.2) is 0 Å². The molecule has 5 nitrogen and oxygen atoms in total. The standard InChI is InChI=1S/C14H16O5S/c1-2-18-12(16)14(6-4-7-19-13(14)17)9-10(15)11-5-3-8-20-11/h3,5,8H,2,4,6-7,9H2,1H3. The molecule has 1 aliphatic rings. The first-order valence-electron chi connectivity index (χ1n) is 6.51. The van der Waals surface area contributed by atoms with E-state index in [9.17, 15) is 14.4 Å². The van der Waals surface area contributed by atoms with Crippen LogP contribution >= 0.6 is 11.3 Å². The van der Waals surface area contributed by atoms with Crippen molar-refractivity contribution in [3.8, 4) is 0 Å². The van der Waals surface area contributed by atoms with Gasteiger partial charge in [0.15, 0.2) is 11.2 Å². The Bertz CT molecular complexity index is 508. The van der Waals surface area contributed by atoms with Crippen LogP contribution in [0.4, 0.5) is 0 Å². The molecule has 0 amide bonds. The quantitative estimate of drug-likeness (QED) is 0.473. The second-order valence-electron chi connectivity index (χ2n) is 4.62. The lowest BCUT2D eigenvalue weighted by molar-refractivity contribution is -0.177. The lowest BCUT2D eigenvalue weighted by atomic mass is 9.77. The molecule has 1 aliphatic heterocycles. The summed E-state index contributed by atoms with van der Waals surface area (Å²) in [7, 11) is 0. The number of carbonyl (C=O) groups is 3. The van der Waals surface area contributed by atoms with E-state index < -0.39 is 17.4 Å². The van der Waals surface area contributed by atoms with Gasteiger partial charge in [0.25, 0.3) is 0 Å². The second kappa shape index (κ2) is 6.17. The fourth-order valence-corrected chi connectivity index (χ4v) is 2.93. The SMILES string of the molecule is CCOC(=O)C1(CC(=O)c2cccs2)CCCOC1=O. The van der Waals surface area contributed by atoms with E-state index in [2.05, 4.69) is 0 Å². The Labute approximate surface area is 120 Å². The van der Waals surface area contributed by atoms with Crippen LogP contribution < -0.4 is 0 Å². The summed E-state index contributed by atoms with van der Waals surface area (Å²) >= 11 is 1.29. The van der Waals surface area contributed by atoms with Crippen molar-refractivity contribution in [2.75, 3.05) is 13.2 Å². The van der Waals surface area contributed by atoms with E-state index in [1.165, 1.54) is 11.3 Å². The summed E-state index contributed by atoms with van der Waals surface area (Å²) in [6, 6.07) is 3.44. The van der Waals surface area contributed by atoms with Gasteiger partial charge in [-0.2, -0.15) is 0 Å². The Morgan fingerprint density at radius 3 is 2.90 bits per heavy atom. The van der Waals surface area contributed by atoms with Gasteiger partial charge in [-0.3, -0.25) is 14.4 Å². The molecule has 1 aromatic heterocycles. The summed E-state index contributed by atoms with van der Waals surface area (Å²) in [5.41, 5.74) is -1.48. The van der Waals surface area contributed by atoms with Crippen molar-refractivity contribution in [3.05, 3.63) is 22.4 Å². The number of Topliss-reactive ketones (excluding diaryl/α,β-unsaturated/α-hetero) is 1. The van der Waals surface area contributed by atoms with Gasteiger partial charge in [0.1, 0.15) is 0 Å². The molecule has 0 saturated carbocycles. The molecule has 0 aliphatic carbocycles.